The molecule has 1 aliphatic rings. The number of nitrogens with zero attached hydrogens (tertiary/aromatic N) is 2. The Morgan fingerprint density at radius 1 is 1.02 bits per heavy atom. The molecule has 0 fully saturated rings. The number of hydrogen-bond donors (Lipinski definition) is 1. The first-order valence-electron chi connectivity index (χ1n) is 15.3. The lowest BCUT2D eigenvalue weighted by Crippen LogP contribution is -2.28. The van der Waals surface area contributed by atoms with Gasteiger partial charge in [0, 0.05) is 45.6 Å². The Kier molecular flexibility index (Phi) is 17.4. The molecule has 0 aliphatic carbocycles. The number of thioether (sulfide) groups is 1. The van der Waals surface area contributed by atoms with Crippen molar-refractivity contribution < 1.29 is 14.3 Å². The van der Waals surface area contributed by atoms with Crippen molar-refractivity contribution in [2.75, 3.05) is 6.61 Å². The van der Waals surface area contributed by atoms with E-state index in [9.17, 15) is 9.59 Å². The molecule has 1 aromatic heterocycles. The lowest BCUT2D eigenvalue weighted by Gasteiger charge is -2.10. The van der Waals surface area contributed by atoms with Gasteiger partial charge in [-0.15, -0.1) is 13.0 Å². The van der Waals surface area contributed by atoms with Crippen LogP contribution in [0.15, 0.2) is 144 Å². The van der Waals surface area contributed by atoms with Crippen molar-refractivity contribution in [3.63, 3.8) is 0 Å². The van der Waals surface area contributed by atoms with E-state index in [1.807, 2.05) is 61.5 Å². The second-order valence-electron chi connectivity index (χ2n) is 9.95. The summed E-state index contributed by atoms with van der Waals surface area (Å²) >= 11 is 1.79. The van der Waals surface area contributed by atoms with Gasteiger partial charge in [-0.2, -0.15) is 0 Å². The number of allylic oxidation sites excluding steroid dienone is 6. The number of rotatable bonds is 11. The zero-order valence-corrected chi connectivity index (χ0v) is 28.3. The molecule has 4 rings (SSSR count). The first-order valence-corrected chi connectivity index (χ1v) is 16.1. The van der Waals surface area contributed by atoms with Gasteiger partial charge in [0.15, 0.2) is 0 Å². The maximum absolute atomic E-state index is 12.0. The Morgan fingerprint density at radius 3 is 2.30 bits per heavy atom. The summed E-state index contributed by atoms with van der Waals surface area (Å²) in [6, 6.07) is 19.6. The van der Waals surface area contributed by atoms with Gasteiger partial charge >= 0.3 is 5.97 Å². The molecule has 2 aromatic carbocycles. The normalized spacial score (nSPS) is 12.3. The van der Waals surface area contributed by atoms with Crippen LogP contribution < -0.4 is 5.32 Å². The van der Waals surface area contributed by atoms with Crippen molar-refractivity contribution in [1.29, 1.82) is 0 Å². The predicted octanol–water partition coefficient (Wildman–Crippen LogP) is 8.89. The van der Waals surface area contributed by atoms with Crippen LogP contribution in [-0.4, -0.2) is 29.2 Å². The number of carbonyl (C=O) groups is 2. The number of aliphatic imine (C=N–C) groups is 1. The number of hydrogen-bond acceptors (Lipinski definition) is 6. The minimum Gasteiger partial charge on any atom is -0.462 e. The highest BCUT2D eigenvalue weighted by Crippen LogP contribution is 2.37. The average Bonchev–Trinajstić information content (AvgIpc) is 3.26. The van der Waals surface area contributed by atoms with E-state index in [0.717, 1.165) is 40.9 Å². The SMILES string of the molecule is C#CC(C=C)C(=O)NCc1cccnc1.C=C/C=C\C=C.CCCOC(=O)c1ccc(C2=NC(C)=C(CC)Sc3ccccc32)cc1. The fraction of sp³-hybridized carbons (Fsp3) is 0.200. The monoisotopic (exact) mass is 645 g/mol. The van der Waals surface area contributed by atoms with Crippen LogP contribution >= 0.6 is 11.8 Å². The molecule has 1 aliphatic heterocycles. The molecule has 0 spiro atoms. The zero-order valence-electron chi connectivity index (χ0n) is 27.4. The molecular weight excluding hydrogens is 603 g/mol. The Morgan fingerprint density at radius 2 is 1.72 bits per heavy atom. The van der Waals surface area contributed by atoms with E-state index in [2.05, 4.69) is 68.0 Å². The number of terminal acetylenes is 1. The van der Waals surface area contributed by atoms with Gasteiger partial charge < -0.3 is 10.1 Å². The molecule has 2 heterocycles. The molecule has 0 saturated heterocycles. The topological polar surface area (TPSA) is 80.6 Å². The molecule has 3 aromatic rings. The number of amides is 1. The number of esters is 1. The van der Waals surface area contributed by atoms with Crippen molar-refractivity contribution in [1.82, 2.24) is 10.3 Å². The summed E-state index contributed by atoms with van der Waals surface area (Å²) in [4.78, 5) is 34.8. The van der Waals surface area contributed by atoms with Gasteiger partial charge in [0.05, 0.1) is 17.9 Å². The standard InChI is InChI=1S/C22H23NO2S.C12H12N2O.C6H8/c1-4-14-25-22(24)17-12-10-16(11-13-17)21-18-8-6-7-9-20(18)26-19(5-2)15(3)23-21;1-3-11(4-2)12(15)14-9-10-6-5-7-13-8-10;1-3-5-6-4-2/h6-13H,4-5,14H2,1-3H3;1,4-8,11H,2,9H2,(H,14,15);3-6H,1-2H2/b;;6-5-. The summed E-state index contributed by atoms with van der Waals surface area (Å²) in [5.41, 5.74) is 5.63. The van der Waals surface area contributed by atoms with E-state index < -0.39 is 5.92 Å². The number of pyridine rings is 1. The van der Waals surface area contributed by atoms with Crippen LogP contribution in [0.2, 0.25) is 0 Å². The number of ether oxygens (including phenoxy) is 1. The molecular formula is C40H43N3O3S. The number of aromatic nitrogens is 1. The largest absolute Gasteiger partial charge is 0.462 e. The summed E-state index contributed by atoms with van der Waals surface area (Å²) in [6.07, 6.45) is 18.8. The third-order valence-electron chi connectivity index (χ3n) is 6.48. The number of carbonyl (C=O) groups excluding carboxylic acids is 2. The number of benzene rings is 2. The van der Waals surface area contributed by atoms with Gasteiger partial charge in [-0.05, 0) is 49.6 Å². The van der Waals surface area contributed by atoms with Crippen molar-refractivity contribution >= 4 is 29.4 Å². The molecule has 47 heavy (non-hydrogen) atoms. The second-order valence-corrected chi connectivity index (χ2v) is 11.1. The van der Waals surface area contributed by atoms with E-state index in [0.29, 0.717) is 18.7 Å². The van der Waals surface area contributed by atoms with E-state index in [4.69, 9.17) is 16.2 Å². The van der Waals surface area contributed by atoms with Gasteiger partial charge in [0.1, 0.15) is 5.92 Å². The first kappa shape index (κ1) is 38.0. The Bertz CT molecular complexity index is 1620. The molecule has 1 amide bonds. The van der Waals surface area contributed by atoms with Crippen molar-refractivity contribution in [3.8, 4) is 12.3 Å². The van der Waals surface area contributed by atoms with Gasteiger partial charge in [0.25, 0.3) is 0 Å². The third-order valence-corrected chi connectivity index (χ3v) is 7.89. The quantitative estimate of drug-likeness (QED) is 0.0975. The Balaban J connectivity index is 0.000000308. The third kappa shape index (κ3) is 12.6. The van der Waals surface area contributed by atoms with E-state index in [1.54, 1.807) is 36.3 Å². The molecule has 7 heteroatoms. The van der Waals surface area contributed by atoms with Crippen LogP contribution in [0.4, 0.5) is 0 Å². The molecule has 1 N–H and O–H groups in total. The average molecular weight is 646 g/mol. The van der Waals surface area contributed by atoms with Gasteiger partial charge in [-0.1, -0.05) is 111 Å². The highest BCUT2D eigenvalue weighted by Gasteiger charge is 2.18. The molecule has 0 bridgehead atoms. The number of fused-ring (bicyclic) bond motifs is 1. The summed E-state index contributed by atoms with van der Waals surface area (Å²) in [7, 11) is 0. The van der Waals surface area contributed by atoms with Gasteiger partial charge in [-0.25, -0.2) is 4.79 Å². The van der Waals surface area contributed by atoms with Crippen LogP contribution in [0, 0.1) is 18.3 Å². The summed E-state index contributed by atoms with van der Waals surface area (Å²) < 4.78 is 5.20. The molecule has 0 radical (unpaired) electrons. The highest BCUT2D eigenvalue weighted by atomic mass is 32.2. The Labute approximate surface area is 284 Å². The van der Waals surface area contributed by atoms with E-state index in [-0.39, 0.29) is 11.9 Å². The summed E-state index contributed by atoms with van der Waals surface area (Å²) in [5.74, 6) is 1.29. The van der Waals surface area contributed by atoms with Crippen LogP contribution in [0.1, 0.15) is 60.7 Å². The van der Waals surface area contributed by atoms with Crippen LogP contribution in [0.3, 0.4) is 0 Å². The summed E-state index contributed by atoms with van der Waals surface area (Å²) in [6.45, 7) is 17.5. The molecule has 1 unspecified atom stereocenters. The van der Waals surface area contributed by atoms with Crippen molar-refractivity contribution in [2.24, 2.45) is 10.9 Å². The second kappa shape index (κ2) is 21.5. The zero-order chi connectivity index (χ0) is 34.4. The van der Waals surface area contributed by atoms with Gasteiger partial charge in [0.2, 0.25) is 5.91 Å². The maximum Gasteiger partial charge on any atom is 0.338 e. The molecule has 1 atom stereocenters. The predicted molar refractivity (Wildman–Crippen MR) is 196 cm³/mol. The fourth-order valence-electron chi connectivity index (χ4n) is 4.05. The highest BCUT2D eigenvalue weighted by molar-refractivity contribution is 8.03. The van der Waals surface area contributed by atoms with Crippen LogP contribution in [-0.2, 0) is 16.1 Å². The molecule has 242 valence electrons. The van der Waals surface area contributed by atoms with Gasteiger partial charge in [-0.3, -0.25) is 14.8 Å². The lowest BCUT2D eigenvalue weighted by molar-refractivity contribution is -0.122. The molecule has 0 saturated carbocycles. The van der Waals surface area contributed by atoms with Crippen LogP contribution in [0.25, 0.3) is 0 Å². The van der Waals surface area contributed by atoms with Crippen molar-refractivity contribution in [3.05, 3.63) is 156 Å². The fourth-order valence-corrected chi connectivity index (χ4v) is 5.07. The first-order chi connectivity index (χ1) is 22.8. The number of nitrogens with one attached hydrogen (secondary N) is 1. The van der Waals surface area contributed by atoms with E-state index >= 15 is 0 Å². The minimum absolute atomic E-state index is 0.212. The van der Waals surface area contributed by atoms with E-state index in [1.165, 1.54) is 15.9 Å². The minimum atomic E-state index is -0.568. The lowest BCUT2D eigenvalue weighted by atomic mass is 10.0. The maximum atomic E-state index is 12.0. The Hall–Kier alpha value is -5.19. The van der Waals surface area contributed by atoms with Crippen molar-refractivity contribution in [2.45, 2.75) is 45.1 Å². The molecule has 6 nitrogen and oxygen atoms in total. The smallest absolute Gasteiger partial charge is 0.338 e. The van der Waals surface area contributed by atoms with Crippen LogP contribution in [0.5, 0.6) is 0 Å². The summed E-state index contributed by atoms with van der Waals surface area (Å²) in [5, 5.41) is 2.71.